The van der Waals surface area contributed by atoms with Gasteiger partial charge in [0.1, 0.15) is 5.75 Å². The molecular weight excluding hydrogens is 304 g/mol. The molecule has 0 aliphatic rings. The van der Waals surface area contributed by atoms with E-state index in [1.807, 2.05) is 37.3 Å². The van der Waals surface area contributed by atoms with Gasteiger partial charge in [-0.2, -0.15) is 0 Å². The predicted molar refractivity (Wildman–Crippen MR) is 101 cm³/mol. The van der Waals surface area contributed by atoms with Crippen LogP contribution in [-0.4, -0.2) is 11.7 Å². The number of para-hydroxylation sites is 1. The second-order valence-electron chi connectivity index (χ2n) is 5.33. The lowest BCUT2D eigenvalue weighted by Crippen LogP contribution is -2.31. The lowest BCUT2D eigenvalue weighted by atomic mass is 10.1. The van der Waals surface area contributed by atoms with Gasteiger partial charge in [-0.15, -0.1) is 0 Å². The Hall–Kier alpha value is -2.07. The molecular formula is C19H24N2OS. The van der Waals surface area contributed by atoms with Gasteiger partial charge >= 0.3 is 0 Å². The first-order valence-electron chi connectivity index (χ1n) is 8.02. The highest BCUT2D eigenvalue weighted by molar-refractivity contribution is 7.80. The fourth-order valence-electron chi connectivity index (χ4n) is 2.41. The van der Waals surface area contributed by atoms with Crippen LogP contribution in [0, 0.1) is 0 Å². The molecule has 1 unspecified atom stereocenters. The van der Waals surface area contributed by atoms with E-state index in [4.69, 9.17) is 17.0 Å². The molecule has 3 nitrogen and oxygen atoms in total. The third-order valence-corrected chi connectivity index (χ3v) is 3.91. The Kier molecular flexibility index (Phi) is 6.41. The van der Waals surface area contributed by atoms with Crippen LogP contribution in [0.4, 0.5) is 5.69 Å². The maximum Gasteiger partial charge on any atom is 0.171 e. The molecule has 1 atom stereocenters. The molecule has 0 radical (unpaired) electrons. The number of aryl methyl sites for hydroxylation is 1. The van der Waals surface area contributed by atoms with Gasteiger partial charge in [0.05, 0.1) is 12.6 Å². The maximum absolute atomic E-state index is 5.47. The van der Waals surface area contributed by atoms with Gasteiger partial charge in [0.15, 0.2) is 5.11 Å². The van der Waals surface area contributed by atoms with E-state index in [9.17, 15) is 0 Å². The standard InChI is InChI=1S/C19H24N2OS/c1-4-15-8-6-7-9-18(15)21-19(23)20-14(3)16-10-12-17(13-11-16)22-5-2/h6-14H,4-5H2,1-3H3,(H2,20,21,23). The minimum absolute atomic E-state index is 0.125. The number of anilines is 1. The summed E-state index contributed by atoms with van der Waals surface area (Å²) < 4.78 is 5.47. The largest absolute Gasteiger partial charge is 0.494 e. The minimum Gasteiger partial charge on any atom is -0.494 e. The molecule has 4 heteroatoms. The van der Waals surface area contributed by atoms with Gasteiger partial charge in [0.25, 0.3) is 0 Å². The van der Waals surface area contributed by atoms with Crippen LogP contribution in [0.3, 0.4) is 0 Å². The van der Waals surface area contributed by atoms with Crippen molar-refractivity contribution in [3.05, 3.63) is 59.7 Å². The highest BCUT2D eigenvalue weighted by atomic mass is 32.1. The summed E-state index contributed by atoms with van der Waals surface area (Å²) >= 11 is 5.44. The first-order chi connectivity index (χ1) is 11.1. The van der Waals surface area contributed by atoms with Crippen LogP contribution in [-0.2, 0) is 6.42 Å². The summed E-state index contributed by atoms with van der Waals surface area (Å²) in [5.41, 5.74) is 3.48. The van der Waals surface area contributed by atoms with Gasteiger partial charge in [-0.3, -0.25) is 0 Å². The molecule has 2 aromatic rings. The molecule has 0 aromatic heterocycles. The monoisotopic (exact) mass is 328 g/mol. The number of nitrogens with one attached hydrogen (secondary N) is 2. The van der Waals surface area contributed by atoms with E-state index in [2.05, 4.69) is 42.7 Å². The fourth-order valence-corrected chi connectivity index (χ4v) is 2.70. The van der Waals surface area contributed by atoms with E-state index in [1.165, 1.54) is 11.1 Å². The van der Waals surface area contributed by atoms with Crippen molar-refractivity contribution in [2.75, 3.05) is 11.9 Å². The Bertz CT molecular complexity index is 640. The van der Waals surface area contributed by atoms with Crippen LogP contribution in [0.15, 0.2) is 48.5 Å². The molecule has 0 spiro atoms. The quantitative estimate of drug-likeness (QED) is 0.753. The summed E-state index contributed by atoms with van der Waals surface area (Å²) in [6.07, 6.45) is 0.972. The van der Waals surface area contributed by atoms with Crippen LogP contribution in [0.25, 0.3) is 0 Å². The Labute approximate surface area is 144 Å². The number of hydrogen-bond acceptors (Lipinski definition) is 2. The molecule has 2 rings (SSSR count). The van der Waals surface area contributed by atoms with Crippen molar-refractivity contribution >= 4 is 23.0 Å². The van der Waals surface area contributed by atoms with E-state index in [-0.39, 0.29) is 6.04 Å². The zero-order valence-electron chi connectivity index (χ0n) is 13.9. The smallest absolute Gasteiger partial charge is 0.171 e. The van der Waals surface area contributed by atoms with Crippen molar-refractivity contribution in [3.8, 4) is 5.75 Å². The van der Waals surface area contributed by atoms with E-state index in [0.29, 0.717) is 11.7 Å². The van der Waals surface area contributed by atoms with E-state index >= 15 is 0 Å². The summed E-state index contributed by atoms with van der Waals surface area (Å²) in [5, 5.41) is 7.25. The van der Waals surface area contributed by atoms with Crippen molar-refractivity contribution in [3.63, 3.8) is 0 Å². The van der Waals surface area contributed by atoms with E-state index < -0.39 is 0 Å². The highest BCUT2D eigenvalue weighted by Crippen LogP contribution is 2.19. The van der Waals surface area contributed by atoms with Crippen molar-refractivity contribution in [1.82, 2.24) is 5.32 Å². The van der Waals surface area contributed by atoms with Gasteiger partial charge in [-0.05, 0) is 61.8 Å². The zero-order chi connectivity index (χ0) is 16.7. The second kappa shape index (κ2) is 8.53. The van der Waals surface area contributed by atoms with Crippen LogP contribution < -0.4 is 15.4 Å². The minimum atomic E-state index is 0.125. The van der Waals surface area contributed by atoms with Crippen molar-refractivity contribution in [1.29, 1.82) is 0 Å². The molecule has 0 fully saturated rings. The topological polar surface area (TPSA) is 33.3 Å². The van der Waals surface area contributed by atoms with Crippen molar-refractivity contribution < 1.29 is 4.74 Å². The normalized spacial score (nSPS) is 11.6. The first kappa shape index (κ1) is 17.3. The van der Waals surface area contributed by atoms with Gasteiger partial charge < -0.3 is 15.4 Å². The molecule has 0 aliphatic carbocycles. The predicted octanol–water partition coefficient (Wildman–Crippen LogP) is 4.70. The number of benzene rings is 2. The summed E-state index contributed by atoms with van der Waals surface area (Å²) in [7, 11) is 0. The Morgan fingerprint density at radius 1 is 1.09 bits per heavy atom. The molecule has 0 saturated carbocycles. The summed E-state index contributed by atoms with van der Waals surface area (Å²) in [6.45, 7) is 6.89. The van der Waals surface area contributed by atoms with Gasteiger partial charge in [-0.1, -0.05) is 37.3 Å². The highest BCUT2D eigenvalue weighted by Gasteiger charge is 2.08. The van der Waals surface area contributed by atoms with E-state index in [1.54, 1.807) is 0 Å². The molecule has 0 amide bonds. The molecule has 0 aliphatic heterocycles. The summed E-state index contributed by atoms with van der Waals surface area (Å²) in [4.78, 5) is 0. The molecule has 0 heterocycles. The second-order valence-corrected chi connectivity index (χ2v) is 5.74. The average Bonchev–Trinajstić information content (AvgIpc) is 2.56. The molecule has 0 bridgehead atoms. The Balaban J connectivity index is 1.96. The van der Waals surface area contributed by atoms with Crippen LogP contribution >= 0.6 is 12.2 Å². The van der Waals surface area contributed by atoms with Gasteiger partial charge in [0.2, 0.25) is 0 Å². The lowest BCUT2D eigenvalue weighted by molar-refractivity contribution is 0.340. The number of rotatable bonds is 6. The Morgan fingerprint density at radius 2 is 1.78 bits per heavy atom. The van der Waals surface area contributed by atoms with Gasteiger partial charge in [0, 0.05) is 5.69 Å². The van der Waals surface area contributed by atoms with Crippen LogP contribution in [0.1, 0.15) is 37.9 Å². The lowest BCUT2D eigenvalue weighted by Gasteiger charge is -2.19. The van der Waals surface area contributed by atoms with Crippen molar-refractivity contribution in [2.24, 2.45) is 0 Å². The number of ether oxygens (including phenoxy) is 1. The molecule has 2 aromatic carbocycles. The van der Waals surface area contributed by atoms with Crippen LogP contribution in [0.5, 0.6) is 5.75 Å². The molecule has 2 N–H and O–H groups in total. The molecule has 0 saturated heterocycles. The average molecular weight is 328 g/mol. The number of thiocarbonyl (C=S) groups is 1. The van der Waals surface area contributed by atoms with E-state index in [0.717, 1.165) is 17.9 Å². The maximum atomic E-state index is 5.47. The fraction of sp³-hybridized carbons (Fsp3) is 0.316. The van der Waals surface area contributed by atoms with Crippen molar-refractivity contribution in [2.45, 2.75) is 33.2 Å². The Morgan fingerprint density at radius 3 is 2.43 bits per heavy atom. The molecule has 23 heavy (non-hydrogen) atoms. The SMILES string of the molecule is CCOc1ccc(C(C)NC(=S)Nc2ccccc2CC)cc1. The zero-order valence-corrected chi connectivity index (χ0v) is 14.7. The summed E-state index contributed by atoms with van der Waals surface area (Å²) in [5.74, 6) is 0.890. The third kappa shape index (κ3) is 4.96. The number of hydrogen-bond donors (Lipinski definition) is 2. The first-order valence-corrected chi connectivity index (χ1v) is 8.43. The van der Waals surface area contributed by atoms with Crippen LogP contribution in [0.2, 0.25) is 0 Å². The molecule has 122 valence electrons. The van der Waals surface area contributed by atoms with Gasteiger partial charge in [-0.25, -0.2) is 0 Å². The summed E-state index contributed by atoms with van der Waals surface area (Å²) in [6, 6.07) is 16.4. The third-order valence-electron chi connectivity index (χ3n) is 3.69.